The minimum absolute atomic E-state index is 0.163. The number of hydrogen-bond acceptors (Lipinski definition) is 3. The van der Waals surface area contributed by atoms with Gasteiger partial charge in [-0.15, -0.1) is 0 Å². The van der Waals surface area contributed by atoms with Crippen LogP contribution in [0.15, 0.2) is 12.2 Å². The van der Waals surface area contributed by atoms with E-state index in [9.17, 15) is 4.79 Å². The molecule has 0 radical (unpaired) electrons. The Balaban J connectivity index is 1.96. The van der Waals surface area contributed by atoms with Crippen LogP contribution in [0.3, 0.4) is 0 Å². The van der Waals surface area contributed by atoms with Crippen LogP contribution in [0.25, 0.3) is 0 Å². The number of allylic oxidation sites excluding steroid dienone is 2. The summed E-state index contributed by atoms with van der Waals surface area (Å²) in [5, 5.41) is 9.09. The first-order valence-corrected chi connectivity index (χ1v) is 6.02. The molecule has 0 amide bonds. The molecule has 4 atom stereocenters. The normalized spacial score (nSPS) is 35.0. The quantitative estimate of drug-likeness (QED) is 0.414. The van der Waals surface area contributed by atoms with Gasteiger partial charge in [0.1, 0.15) is 0 Å². The van der Waals surface area contributed by atoms with Gasteiger partial charge in [-0.05, 0) is 24.7 Å². The van der Waals surface area contributed by atoms with Crippen molar-refractivity contribution >= 4 is 5.97 Å². The standard InChI is InChI=1S/C13H17NO2/c1-2-3-6-16-13(15)12-10-5-4-9(7-10)11(12)8-14/h4-5,9-12H,2-3,6-7H2,1H3/t9-,10+,11+,12-/m1/s1. The first-order valence-electron chi connectivity index (χ1n) is 6.02. The molecule has 1 saturated carbocycles. The van der Waals surface area contributed by atoms with Crippen LogP contribution in [0, 0.1) is 35.0 Å². The molecule has 86 valence electrons. The van der Waals surface area contributed by atoms with Crippen molar-refractivity contribution in [2.75, 3.05) is 6.61 Å². The maximum Gasteiger partial charge on any atom is 0.310 e. The zero-order valence-electron chi connectivity index (χ0n) is 9.56. The van der Waals surface area contributed by atoms with E-state index in [1.807, 2.05) is 0 Å². The lowest BCUT2D eigenvalue weighted by Gasteiger charge is -2.20. The maximum absolute atomic E-state index is 11.9. The Hall–Kier alpha value is -1.30. The van der Waals surface area contributed by atoms with Gasteiger partial charge < -0.3 is 4.74 Å². The molecule has 0 unspecified atom stereocenters. The highest BCUT2D eigenvalue weighted by Gasteiger charge is 2.49. The number of carbonyl (C=O) groups excluding carboxylic acids is 1. The lowest BCUT2D eigenvalue weighted by Crippen LogP contribution is -2.28. The van der Waals surface area contributed by atoms with Crippen LogP contribution < -0.4 is 0 Å². The highest BCUT2D eigenvalue weighted by Crippen LogP contribution is 2.48. The van der Waals surface area contributed by atoms with Crippen LogP contribution in [0.2, 0.25) is 0 Å². The van der Waals surface area contributed by atoms with Gasteiger partial charge in [0.05, 0.1) is 24.5 Å². The Morgan fingerprint density at radius 2 is 2.25 bits per heavy atom. The summed E-state index contributed by atoms with van der Waals surface area (Å²) in [5.41, 5.74) is 0. The number of nitriles is 1. The molecule has 0 spiro atoms. The van der Waals surface area contributed by atoms with Crippen molar-refractivity contribution in [3.05, 3.63) is 12.2 Å². The van der Waals surface area contributed by atoms with Gasteiger partial charge in [-0.3, -0.25) is 4.79 Å². The smallest absolute Gasteiger partial charge is 0.310 e. The second-order valence-electron chi connectivity index (χ2n) is 4.65. The molecule has 16 heavy (non-hydrogen) atoms. The van der Waals surface area contributed by atoms with Crippen molar-refractivity contribution in [2.24, 2.45) is 23.7 Å². The Morgan fingerprint density at radius 3 is 2.94 bits per heavy atom. The Labute approximate surface area is 96.1 Å². The molecule has 0 heterocycles. The molecule has 1 fully saturated rings. The van der Waals surface area contributed by atoms with E-state index in [4.69, 9.17) is 10.00 Å². The summed E-state index contributed by atoms with van der Waals surface area (Å²) in [4.78, 5) is 11.9. The molecule has 3 heteroatoms. The van der Waals surface area contributed by atoms with Crippen molar-refractivity contribution in [1.82, 2.24) is 0 Å². The van der Waals surface area contributed by atoms with Crippen molar-refractivity contribution < 1.29 is 9.53 Å². The number of esters is 1. The van der Waals surface area contributed by atoms with E-state index in [2.05, 4.69) is 25.1 Å². The molecule has 2 bridgehead atoms. The maximum atomic E-state index is 11.9. The topological polar surface area (TPSA) is 50.1 Å². The summed E-state index contributed by atoms with van der Waals surface area (Å²) in [7, 11) is 0. The fraction of sp³-hybridized carbons (Fsp3) is 0.692. The van der Waals surface area contributed by atoms with Gasteiger partial charge in [0.2, 0.25) is 0 Å². The Kier molecular flexibility index (Phi) is 3.28. The molecule has 2 aliphatic rings. The van der Waals surface area contributed by atoms with Gasteiger partial charge in [-0.1, -0.05) is 25.5 Å². The van der Waals surface area contributed by atoms with E-state index in [0.717, 1.165) is 19.3 Å². The van der Waals surface area contributed by atoms with Crippen LogP contribution in [0.4, 0.5) is 0 Å². The SMILES string of the molecule is CCCCOC(=O)[C@H]1[C@@H](C#N)[C@@H]2C=C[C@H]1C2. The molecule has 0 aromatic heterocycles. The summed E-state index contributed by atoms with van der Waals surface area (Å²) in [6.07, 6.45) is 7.02. The van der Waals surface area contributed by atoms with E-state index >= 15 is 0 Å². The predicted molar refractivity (Wildman–Crippen MR) is 59.2 cm³/mol. The second kappa shape index (κ2) is 4.69. The fourth-order valence-electron chi connectivity index (χ4n) is 2.73. The zero-order valence-corrected chi connectivity index (χ0v) is 9.56. The summed E-state index contributed by atoms with van der Waals surface area (Å²) >= 11 is 0. The molecule has 0 aromatic rings. The highest BCUT2D eigenvalue weighted by molar-refractivity contribution is 5.75. The fourth-order valence-corrected chi connectivity index (χ4v) is 2.73. The van der Waals surface area contributed by atoms with Gasteiger partial charge in [-0.25, -0.2) is 0 Å². The average molecular weight is 219 g/mol. The van der Waals surface area contributed by atoms with E-state index in [1.54, 1.807) is 0 Å². The van der Waals surface area contributed by atoms with Gasteiger partial charge in [0, 0.05) is 0 Å². The monoisotopic (exact) mass is 219 g/mol. The number of unbranched alkanes of at least 4 members (excludes halogenated alkanes) is 1. The number of rotatable bonds is 4. The first-order chi connectivity index (χ1) is 7.77. The number of fused-ring (bicyclic) bond motifs is 2. The number of nitrogens with zero attached hydrogens (tertiary/aromatic N) is 1. The molecule has 2 aliphatic carbocycles. The van der Waals surface area contributed by atoms with Gasteiger partial charge in [0.15, 0.2) is 0 Å². The van der Waals surface area contributed by atoms with Crippen molar-refractivity contribution in [1.29, 1.82) is 5.26 Å². The molecule has 0 aliphatic heterocycles. The highest BCUT2D eigenvalue weighted by atomic mass is 16.5. The third-order valence-electron chi connectivity index (χ3n) is 3.62. The molecular weight excluding hydrogens is 202 g/mol. The third-order valence-corrected chi connectivity index (χ3v) is 3.62. The van der Waals surface area contributed by atoms with Gasteiger partial charge >= 0.3 is 5.97 Å². The largest absolute Gasteiger partial charge is 0.465 e. The Morgan fingerprint density at radius 1 is 1.50 bits per heavy atom. The Bertz CT molecular complexity index is 342. The van der Waals surface area contributed by atoms with Crippen LogP contribution in [-0.4, -0.2) is 12.6 Å². The molecule has 0 N–H and O–H groups in total. The van der Waals surface area contributed by atoms with E-state index in [0.29, 0.717) is 6.61 Å². The predicted octanol–water partition coefficient (Wildman–Crippen LogP) is 2.29. The van der Waals surface area contributed by atoms with Gasteiger partial charge in [0.25, 0.3) is 0 Å². The summed E-state index contributed by atoms with van der Waals surface area (Å²) in [5.74, 6) is -0.0275. The van der Waals surface area contributed by atoms with E-state index in [1.165, 1.54) is 0 Å². The summed E-state index contributed by atoms with van der Waals surface area (Å²) in [6.45, 7) is 2.55. The van der Waals surface area contributed by atoms with Crippen LogP contribution >= 0.6 is 0 Å². The minimum atomic E-state index is -0.211. The molecule has 2 rings (SSSR count). The van der Waals surface area contributed by atoms with Crippen LogP contribution in [-0.2, 0) is 9.53 Å². The molecule has 0 aromatic carbocycles. The van der Waals surface area contributed by atoms with Gasteiger partial charge in [-0.2, -0.15) is 5.26 Å². The molecular formula is C13H17NO2. The second-order valence-corrected chi connectivity index (χ2v) is 4.65. The van der Waals surface area contributed by atoms with Crippen LogP contribution in [0.1, 0.15) is 26.2 Å². The van der Waals surface area contributed by atoms with Crippen LogP contribution in [0.5, 0.6) is 0 Å². The number of carbonyl (C=O) groups is 1. The lowest BCUT2D eigenvalue weighted by atomic mass is 9.84. The zero-order chi connectivity index (χ0) is 11.5. The molecule has 0 saturated heterocycles. The molecule has 3 nitrogen and oxygen atoms in total. The third kappa shape index (κ3) is 1.84. The first kappa shape index (κ1) is 11.2. The van der Waals surface area contributed by atoms with Crippen molar-refractivity contribution in [2.45, 2.75) is 26.2 Å². The van der Waals surface area contributed by atoms with E-state index in [-0.39, 0.29) is 29.6 Å². The van der Waals surface area contributed by atoms with E-state index < -0.39 is 0 Å². The van der Waals surface area contributed by atoms with Crippen molar-refractivity contribution in [3.63, 3.8) is 0 Å². The number of ether oxygens (including phenoxy) is 1. The number of hydrogen-bond donors (Lipinski definition) is 0. The summed E-state index contributed by atoms with van der Waals surface area (Å²) in [6, 6.07) is 2.26. The minimum Gasteiger partial charge on any atom is -0.465 e. The summed E-state index contributed by atoms with van der Waals surface area (Å²) < 4.78 is 5.23. The average Bonchev–Trinajstić information content (AvgIpc) is 2.88. The van der Waals surface area contributed by atoms with Crippen molar-refractivity contribution in [3.8, 4) is 6.07 Å². The lowest BCUT2D eigenvalue weighted by molar-refractivity contribution is -0.150.